The van der Waals surface area contributed by atoms with E-state index in [1.807, 2.05) is 37.3 Å². The number of pyridine rings is 1. The van der Waals surface area contributed by atoms with Gasteiger partial charge in [-0.15, -0.1) is 0 Å². The number of fused-ring (bicyclic) bond motifs is 1. The quantitative estimate of drug-likeness (QED) is 0.533. The van der Waals surface area contributed by atoms with Crippen LogP contribution >= 0.6 is 0 Å². The molecule has 5 heteroatoms. The van der Waals surface area contributed by atoms with E-state index in [0.29, 0.717) is 6.54 Å². The van der Waals surface area contributed by atoms with Gasteiger partial charge in [0, 0.05) is 24.2 Å². The number of piperidine rings is 1. The molecule has 0 aliphatic carbocycles. The zero-order valence-electron chi connectivity index (χ0n) is 19.2. The fourth-order valence-corrected chi connectivity index (χ4v) is 4.64. The number of hydrogen-bond acceptors (Lipinski definition) is 3. The Morgan fingerprint density at radius 3 is 2.69 bits per heavy atom. The molecule has 2 amide bonds. The number of aryl methyl sites for hydroxylation is 3. The molecule has 1 fully saturated rings. The Kier molecular flexibility index (Phi) is 7.38. The van der Waals surface area contributed by atoms with Crippen molar-refractivity contribution < 1.29 is 4.79 Å². The van der Waals surface area contributed by atoms with Crippen molar-refractivity contribution in [2.75, 3.05) is 31.5 Å². The lowest BCUT2D eigenvalue weighted by molar-refractivity contribution is 0.180. The Morgan fingerprint density at radius 2 is 1.88 bits per heavy atom. The molecule has 0 unspecified atom stereocenters. The third kappa shape index (κ3) is 6.07. The van der Waals surface area contributed by atoms with E-state index in [9.17, 15) is 4.79 Å². The first-order valence-electron chi connectivity index (χ1n) is 11.8. The SMILES string of the molecule is Cc1cccc(CCC2CCN(CCNC(=O)Nc3cc(C)nc4ccccc34)CC2)c1. The zero-order valence-corrected chi connectivity index (χ0v) is 19.2. The van der Waals surface area contributed by atoms with Crippen LogP contribution < -0.4 is 10.6 Å². The van der Waals surface area contributed by atoms with E-state index < -0.39 is 0 Å². The second-order valence-electron chi connectivity index (χ2n) is 9.02. The lowest BCUT2D eigenvalue weighted by Gasteiger charge is -2.32. The number of anilines is 1. The van der Waals surface area contributed by atoms with Crippen LogP contribution in [0.1, 0.15) is 36.1 Å². The second kappa shape index (κ2) is 10.6. The number of urea groups is 1. The predicted molar refractivity (Wildman–Crippen MR) is 132 cm³/mol. The van der Waals surface area contributed by atoms with E-state index in [1.165, 1.54) is 36.8 Å². The number of carbonyl (C=O) groups excluding carboxylic acids is 1. The lowest BCUT2D eigenvalue weighted by Crippen LogP contribution is -2.40. The molecule has 2 aromatic carbocycles. The number of carbonyl (C=O) groups is 1. The van der Waals surface area contributed by atoms with Crippen LogP contribution in [0.15, 0.2) is 54.6 Å². The highest BCUT2D eigenvalue weighted by molar-refractivity contribution is 6.00. The molecule has 0 bridgehead atoms. The molecule has 2 heterocycles. The van der Waals surface area contributed by atoms with Crippen molar-refractivity contribution in [1.29, 1.82) is 0 Å². The van der Waals surface area contributed by atoms with Crippen molar-refractivity contribution in [3.63, 3.8) is 0 Å². The Bertz CT molecular complexity index is 1060. The predicted octanol–water partition coefficient (Wildman–Crippen LogP) is 5.32. The molecule has 1 aliphatic heterocycles. The standard InChI is InChI=1S/C27H34N4O/c1-20-6-5-7-23(18-20)11-10-22-12-15-31(16-13-22)17-14-28-27(32)30-26-19-21(2)29-25-9-4-3-8-24(25)26/h3-9,18-19,22H,10-17H2,1-2H3,(H2,28,29,30,32). The monoisotopic (exact) mass is 430 g/mol. The van der Waals surface area contributed by atoms with Crippen molar-refractivity contribution in [2.24, 2.45) is 5.92 Å². The van der Waals surface area contributed by atoms with E-state index in [0.717, 1.165) is 47.8 Å². The van der Waals surface area contributed by atoms with Crippen LogP contribution in [0.2, 0.25) is 0 Å². The summed E-state index contributed by atoms with van der Waals surface area (Å²) in [5.41, 5.74) is 5.40. The average Bonchev–Trinajstić information content (AvgIpc) is 2.78. The van der Waals surface area contributed by atoms with Gasteiger partial charge in [0.25, 0.3) is 0 Å². The number of nitrogens with zero attached hydrogens (tertiary/aromatic N) is 2. The smallest absolute Gasteiger partial charge is 0.319 e. The molecule has 0 saturated carbocycles. The summed E-state index contributed by atoms with van der Waals surface area (Å²) >= 11 is 0. The van der Waals surface area contributed by atoms with Crippen LogP contribution in [0.3, 0.4) is 0 Å². The number of para-hydroxylation sites is 1. The summed E-state index contributed by atoms with van der Waals surface area (Å²) in [6, 6.07) is 18.5. The summed E-state index contributed by atoms with van der Waals surface area (Å²) in [7, 11) is 0. The molecule has 0 radical (unpaired) electrons. The van der Waals surface area contributed by atoms with Crippen molar-refractivity contribution in [1.82, 2.24) is 15.2 Å². The number of amides is 2. The van der Waals surface area contributed by atoms with Gasteiger partial charge in [-0.05, 0) is 76.2 Å². The summed E-state index contributed by atoms with van der Waals surface area (Å²) in [4.78, 5) is 19.4. The molecule has 4 rings (SSSR count). The molecule has 1 saturated heterocycles. The normalized spacial score (nSPS) is 15.1. The number of likely N-dealkylation sites (tertiary alicyclic amines) is 1. The van der Waals surface area contributed by atoms with E-state index in [2.05, 4.69) is 51.7 Å². The molecular weight excluding hydrogens is 396 g/mol. The molecule has 168 valence electrons. The molecule has 5 nitrogen and oxygen atoms in total. The first-order chi connectivity index (χ1) is 15.6. The number of benzene rings is 2. The molecule has 3 aromatic rings. The molecule has 0 atom stereocenters. The van der Waals surface area contributed by atoms with Crippen molar-refractivity contribution >= 4 is 22.6 Å². The van der Waals surface area contributed by atoms with Gasteiger partial charge in [0.2, 0.25) is 0 Å². The van der Waals surface area contributed by atoms with Gasteiger partial charge < -0.3 is 15.5 Å². The second-order valence-corrected chi connectivity index (χ2v) is 9.02. The van der Waals surface area contributed by atoms with Crippen LogP contribution in [0, 0.1) is 19.8 Å². The van der Waals surface area contributed by atoms with Crippen molar-refractivity contribution in [3.05, 3.63) is 71.4 Å². The first kappa shape index (κ1) is 22.3. The van der Waals surface area contributed by atoms with Crippen LogP contribution in [0.5, 0.6) is 0 Å². The summed E-state index contributed by atoms with van der Waals surface area (Å²) in [5.74, 6) is 0.811. The minimum Gasteiger partial charge on any atom is -0.337 e. The first-order valence-corrected chi connectivity index (χ1v) is 11.8. The van der Waals surface area contributed by atoms with Gasteiger partial charge in [0.1, 0.15) is 0 Å². The summed E-state index contributed by atoms with van der Waals surface area (Å²) in [6.07, 6.45) is 4.95. The van der Waals surface area contributed by atoms with Gasteiger partial charge in [-0.25, -0.2) is 4.79 Å². The van der Waals surface area contributed by atoms with Gasteiger partial charge in [-0.1, -0.05) is 48.0 Å². The van der Waals surface area contributed by atoms with E-state index >= 15 is 0 Å². The molecule has 1 aliphatic rings. The Hall–Kier alpha value is -2.92. The minimum atomic E-state index is -0.159. The number of hydrogen-bond donors (Lipinski definition) is 2. The third-order valence-corrected chi connectivity index (χ3v) is 6.44. The summed E-state index contributed by atoms with van der Waals surface area (Å²) < 4.78 is 0. The molecule has 32 heavy (non-hydrogen) atoms. The highest BCUT2D eigenvalue weighted by Gasteiger charge is 2.19. The minimum absolute atomic E-state index is 0.159. The highest BCUT2D eigenvalue weighted by Crippen LogP contribution is 2.23. The molecular formula is C27H34N4O. The van der Waals surface area contributed by atoms with Gasteiger partial charge in [-0.2, -0.15) is 0 Å². The van der Waals surface area contributed by atoms with Gasteiger partial charge >= 0.3 is 6.03 Å². The van der Waals surface area contributed by atoms with Crippen LogP contribution in [0.4, 0.5) is 10.5 Å². The van der Waals surface area contributed by atoms with Crippen LogP contribution in [-0.2, 0) is 6.42 Å². The lowest BCUT2D eigenvalue weighted by atomic mass is 9.90. The Morgan fingerprint density at radius 1 is 1.06 bits per heavy atom. The molecule has 0 spiro atoms. The highest BCUT2D eigenvalue weighted by atomic mass is 16.2. The summed E-state index contributed by atoms with van der Waals surface area (Å²) in [5, 5.41) is 6.97. The summed E-state index contributed by atoms with van der Waals surface area (Å²) in [6.45, 7) is 7.90. The van der Waals surface area contributed by atoms with Crippen molar-refractivity contribution in [2.45, 2.75) is 39.5 Å². The average molecular weight is 431 g/mol. The number of rotatable bonds is 7. The fraction of sp³-hybridized carbons (Fsp3) is 0.407. The maximum Gasteiger partial charge on any atom is 0.319 e. The van der Waals surface area contributed by atoms with Gasteiger partial charge in [0.15, 0.2) is 0 Å². The van der Waals surface area contributed by atoms with Gasteiger partial charge in [0.05, 0.1) is 11.2 Å². The number of nitrogens with one attached hydrogen (secondary N) is 2. The van der Waals surface area contributed by atoms with Crippen LogP contribution in [0.25, 0.3) is 10.9 Å². The van der Waals surface area contributed by atoms with Gasteiger partial charge in [-0.3, -0.25) is 4.98 Å². The Balaban J connectivity index is 1.17. The third-order valence-electron chi connectivity index (χ3n) is 6.44. The maximum absolute atomic E-state index is 12.4. The Labute approximate surface area is 191 Å². The van der Waals surface area contributed by atoms with Crippen LogP contribution in [-0.4, -0.2) is 42.1 Å². The van der Waals surface area contributed by atoms with E-state index in [-0.39, 0.29) is 6.03 Å². The fourth-order valence-electron chi connectivity index (χ4n) is 4.64. The largest absolute Gasteiger partial charge is 0.337 e. The van der Waals surface area contributed by atoms with E-state index in [1.54, 1.807) is 0 Å². The molecule has 1 aromatic heterocycles. The topological polar surface area (TPSA) is 57.3 Å². The van der Waals surface area contributed by atoms with Crippen molar-refractivity contribution in [3.8, 4) is 0 Å². The zero-order chi connectivity index (χ0) is 22.3. The number of aromatic nitrogens is 1. The van der Waals surface area contributed by atoms with E-state index in [4.69, 9.17) is 0 Å². The maximum atomic E-state index is 12.4. The molecule has 2 N–H and O–H groups in total.